The van der Waals surface area contributed by atoms with Crippen molar-refractivity contribution in [3.63, 3.8) is 0 Å². The van der Waals surface area contributed by atoms with E-state index in [1.54, 1.807) is 13.0 Å². The Balaban J connectivity index is 2.08. The highest BCUT2D eigenvalue weighted by Gasteiger charge is 2.36. The number of nitrogens with one attached hydrogen (secondary N) is 1. The molecule has 0 aromatic heterocycles. The van der Waals surface area contributed by atoms with Crippen LogP contribution in [0.3, 0.4) is 0 Å². The van der Waals surface area contributed by atoms with Crippen LogP contribution in [-0.4, -0.2) is 6.04 Å². The zero-order valence-corrected chi connectivity index (χ0v) is 11.2. The quantitative estimate of drug-likeness (QED) is 0.802. The Morgan fingerprint density at radius 2 is 2.00 bits per heavy atom. The van der Waals surface area contributed by atoms with Crippen LogP contribution in [0.5, 0.6) is 0 Å². The van der Waals surface area contributed by atoms with Crippen molar-refractivity contribution in [3.8, 4) is 0 Å². The summed E-state index contributed by atoms with van der Waals surface area (Å²) in [6.45, 7) is 8.68. The van der Waals surface area contributed by atoms with Crippen LogP contribution in [0.15, 0.2) is 18.2 Å². The minimum absolute atomic E-state index is 0.125. The SMILES string of the molecule is Cc1ccc(NC2CC(C)(C)CC2C)cc1F. The molecule has 1 aromatic rings. The average Bonchev–Trinajstić information content (AvgIpc) is 2.46. The number of halogens is 1. The van der Waals surface area contributed by atoms with E-state index >= 15 is 0 Å². The van der Waals surface area contributed by atoms with Crippen LogP contribution in [0, 0.1) is 24.1 Å². The second kappa shape index (κ2) is 4.32. The molecule has 0 heterocycles. The van der Waals surface area contributed by atoms with E-state index in [0.29, 0.717) is 22.9 Å². The van der Waals surface area contributed by atoms with Crippen molar-refractivity contribution in [1.29, 1.82) is 0 Å². The van der Waals surface area contributed by atoms with Gasteiger partial charge in [0.05, 0.1) is 0 Å². The van der Waals surface area contributed by atoms with E-state index in [9.17, 15) is 4.39 Å². The summed E-state index contributed by atoms with van der Waals surface area (Å²) in [4.78, 5) is 0. The van der Waals surface area contributed by atoms with E-state index < -0.39 is 0 Å². The Morgan fingerprint density at radius 3 is 2.53 bits per heavy atom. The van der Waals surface area contributed by atoms with Crippen molar-refractivity contribution in [2.24, 2.45) is 11.3 Å². The molecular weight excluding hydrogens is 213 g/mol. The van der Waals surface area contributed by atoms with Gasteiger partial charge in [-0.2, -0.15) is 0 Å². The van der Waals surface area contributed by atoms with Crippen molar-refractivity contribution in [3.05, 3.63) is 29.6 Å². The highest BCUT2D eigenvalue weighted by molar-refractivity contribution is 5.46. The van der Waals surface area contributed by atoms with Gasteiger partial charge in [0.2, 0.25) is 0 Å². The molecule has 94 valence electrons. The van der Waals surface area contributed by atoms with Crippen molar-refractivity contribution in [2.45, 2.75) is 46.6 Å². The van der Waals surface area contributed by atoms with Crippen molar-refractivity contribution in [2.75, 3.05) is 5.32 Å². The Kier molecular flexibility index (Phi) is 3.15. The minimum Gasteiger partial charge on any atom is -0.382 e. The summed E-state index contributed by atoms with van der Waals surface area (Å²) < 4.78 is 13.5. The summed E-state index contributed by atoms with van der Waals surface area (Å²) in [6.07, 6.45) is 2.39. The van der Waals surface area contributed by atoms with Crippen LogP contribution in [0.1, 0.15) is 39.2 Å². The topological polar surface area (TPSA) is 12.0 Å². The first-order valence-corrected chi connectivity index (χ1v) is 6.40. The molecule has 1 fully saturated rings. The highest BCUT2D eigenvalue weighted by Crippen LogP contribution is 2.42. The molecule has 1 saturated carbocycles. The van der Waals surface area contributed by atoms with Crippen LogP contribution in [0.2, 0.25) is 0 Å². The standard InChI is InChI=1S/C15H22FN/c1-10-5-6-12(7-13(10)16)17-14-9-15(3,4)8-11(14)2/h5-7,11,14,17H,8-9H2,1-4H3. The zero-order valence-electron chi connectivity index (χ0n) is 11.2. The first kappa shape index (κ1) is 12.4. The predicted molar refractivity (Wildman–Crippen MR) is 70.7 cm³/mol. The van der Waals surface area contributed by atoms with Gasteiger partial charge in [-0.15, -0.1) is 0 Å². The largest absolute Gasteiger partial charge is 0.382 e. The second-order valence-corrected chi connectivity index (χ2v) is 6.26. The summed E-state index contributed by atoms with van der Waals surface area (Å²) >= 11 is 0. The van der Waals surface area contributed by atoms with Crippen LogP contribution in [0.25, 0.3) is 0 Å². The highest BCUT2D eigenvalue weighted by atomic mass is 19.1. The third kappa shape index (κ3) is 2.80. The van der Waals surface area contributed by atoms with Gasteiger partial charge in [0.25, 0.3) is 0 Å². The van der Waals surface area contributed by atoms with Crippen molar-refractivity contribution < 1.29 is 4.39 Å². The summed E-state index contributed by atoms with van der Waals surface area (Å²) in [5, 5.41) is 3.47. The van der Waals surface area contributed by atoms with Gasteiger partial charge in [-0.05, 0) is 48.8 Å². The second-order valence-electron chi connectivity index (χ2n) is 6.26. The van der Waals surface area contributed by atoms with E-state index in [1.807, 2.05) is 12.1 Å². The summed E-state index contributed by atoms with van der Waals surface area (Å²) in [5.41, 5.74) is 2.01. The lowest BCUT2D eigenvalue weighted by Crippen LogP contribution is -2.22. The maximum absolute atomic E-state index is 13.5. The van der Waals surface area contributed by atoms with Gasteiger partial charge in [0.1, 0.15) is 5.82 Å². The normalized spacial score (nSPS) is 27.1. The fourth-order valence-electron chi connectivity index (χ4n) is 2.98. The molecule has 2 unspecified atom stereocenters. The number of anilines is 1. The molecular formula is C15H22FN. The summed E-state index contributed by atoms with van der Waals surface area (Å²) in [5.74, 6) is 0.522. The lowest BCUT2D eigenvalue weighted by molar-refractivity contribution is 0.366. The number of aryl methyl sites for hydroxylation is 1. The van der Waals surface area contributed by atoms with Gasteiger partial charge in [-0.3, -0.25) is 0 Å². The molecule has 0 saturated heterocycles. The van der Waals surface area contributed by atoms with Gasteiger partial charge in [-0.1, -0.05) is 26.8 Å². The molecule has 1 N–H and O–H groups in total. The predicted octanol–water partition coefficient (Wildman–Crippen LogP) is 4.37. The Hall–Kier alpha value is -1.05. The molecule has 1 aliphatic carbocycles. The lowest BCUT2D eigenvalue weighted by Gasteiger charge is -2.20. The number of rotatable bonds is 2. The summed E-state index contributed by atoms with van der Waals surface area (Å²) in [7, 11) is 0. The lowest BCUT2D eigenvalue weighted by atomic mass is 9.91. The smallest absolute Gasteiger partial charge is 0.128 e. The molecule has 1 aliphatic rings. The number of benzene rings is 1. The third-order valence-electron chi connectivity index (χ3n) is 3.86. The molecule has 0 spiro atoms. The Labute approximate surface area is 103 Å². The summed E-state index contributed by atoms with van der Waals surface area (Å²) in [6, 6.07) is 5.87. The number of hydrogen-bond acceptors (Lipinski definition) is 1. The van der Waals surface area contributed by atoms with Gasteiger partial charge in [-0.25, -0.2) is 4.39 Å². The van der Waals surface area contributed by atoms with Crippen LogP contribution < -0.4 is 5.32 Å². The third-order valence-corrected chi connectivity index (χ3v) is 3.86. The molecule has 1 nitrogen and oxygen atoms in total. The molecule has 0 bridgehead atoms. The van der Waals surface area contributed by atoms with E-state index in [4.69, 9.17) is 0 Å². The van der Waals surface area contributed by atoms with Crippen LogP contribution in [-0.2, 0) is 0 Å². The fraction of sp³-hybridized carbons (Fsp3) is 0.600. The fourth-order valence-corrected chi connectivity index (χ4v) is 2.98. The van der Waals surface area contributed by atoms with Crippen LogP contribution in [0.4, 0.5) is 10.1 Å². The molecule has 2 heteroatoms. The molecule has 0 radical (unpaired) electrons. The zero-order chi connectivity index (χ0) is 12.6. The Bertz CT molecular complexity index is 411. The van der Waals surface area contributed by atoms with Gasteiger partial charge < -0.3 is 5.32 Å². The molecule has 0 amide bonds. The first-order chi connectivity index (χ1) is 7.87. The van der Waals surface area contributed by atoms with Gasteiger partial charge >= 0.3 is 0 Å². The average molecular weight is 235 g/mol. The molecule has 0 aliphatic heterocycles. The monoisotopic (exact) mass is 235 g/mol. The van der Waals surface area contributed by atoms with Gasteiger partial charge in [0, 0.05) is 11.7 Å². The maximum Gasteiger partial charge on any atom is 0.128 e. The molecule has 2 rings (SSSR count). The van der Waals surface area contributed by atoms with E-state index in [0.717, 1.165) is 12.1 Å². The van der Waals surface area contributed by atoms with Gasteiger partial charge in [0.15, 0.2) is 0 Å². The van der Waals surface area contributed by atoms with E-state index in [2.05, 4.69) is 26.1 Å². The van der Waals surface area contributed by atoms with Crippen LogP contribution >= 0.6 is 0 Å². The van der Waals surface area contributed by atoms with Crippen molar-refractivity contribution in [1.82, 2.24) is 0 Å². The molecule has 2 atom stereocenters. The van der Waals surface area contributed by atoms with Crippen molar-refractivity contribution >= 4 is 5.69 Å². The van der Waals surface area contributed by atoms with E-state index in [-0.39, 0.29) is 5.82 Å². The maximum atomic E-state index is 13.5. The molecule has 1 aromatic carbocycles. The Morgan fingerprint density at radius 1 is 1.29 bits per heavy atom. The first-order valence-electron chi connectivity index (χ1n) is 6.40. The van der Waals surface area contributed by atoms with E-state index in [1.165, 1.54) is 6.42 Å². The number of hydrogen-bond donors (Lipinski definition) is 1. The minimum atomic E-state index is -0.125. The molecule has 17 heavy (non-hydrogen) atoms.